The zero-order valence-corrected chi connectivity index (χ0v) is 50.4. The summed E-state index contributed by atoms with van der Waals surface area (Å²) in [5.41, 5.74) is 23.2. The van der Waals surface area contributed by atoms with E-state index in [1.807, 2.05) is 90.9 Å². The third kappa shape index (κ3) is 16.2. The van der Waals surface area contributed by atoms with E-state index in [-0.39, 0.29) is 60.5 Å². The van der Waals surface area contributed by atoms with Crippen LogP contribution in [-0.4, -0.2) is 86.1 Å². The predicted molar refractivity (Wildman–Crippen MR) is 329 cm³/mol. The number of pyridine rings is 2. The van der Waals surface area contributed by atoms with Crippen LogP contribution >= 0.6 is 0 Å². The summed E-state index contributed by atoms with van der Waals surface area (Å²) in [4.78, 5) is 46.1. The predicted octanol–water partition coefficient (Wildman–Crippen LogP) is 13.0. The number of carboxylic acid groups (broad SMARTS) is 1. The monoisotopic (exact) mass is 1160 g/mol. The fraction of sp³-hybridized carbons (Fsp3) is 0.406. The fourth-order valence-electron chi connectivity index (χ4n) is 11.7. The molecule has 2 amide bonds. The smallest absolute Gasteiger partial charge is 0.318 e. The standard InChI is InChI=1S/C37H45FN2O4.C32H36FN3O5/c1-22(2)35-29(16-15-26-20-27(43-37(6,7)42-26)21-33(41)44-36(3,4)5)34(23-11-13-25(38)14-12-23)30-19-24-9-8-10-31(39)28(24)17-18-32(30)40-35;1-18(2)31-25(12-11-22(37)16-23(38)17-29(39)40)30(19-7-9-21(33)10-8-19)26-15-20-5-4-6-27(36-32(41)34-3)24(20)13-14-28(26)35-31/h8-16,22,26-27H,17-21,39H2,1-7H3;4-12,18,22-23,37-38H,13-17H2,1-3H3,(H,39,40)(H2,34,36,41)/b16-15+;12-11+/t26-,27-;22-,23-/m11/s1. The van der Waals surface area contributed by atoms with Crippen LogP contribution in [0.25, 0.3) is 34.4 Å². The number of hydrogen-bond acceptors (Lipinski definition) is 11. The Morgan fingerprint density at radius 1 is 0.753 bits per heavy atom. The fourth-order valence-corrected chi connectivity index (χ4v) is 11.7. The minimum absolute atomic E-state index is 0.0185. The van der Waals surface area contributed by atoms with E-state index in [2.05, 4.69) is 42.7 Å². The summed E-state index contributed by atoms with van der Waals surface area (Å²) < 4.78 is 46.1. The number of aliphatic hydroxyl groups excluding tert-OH is 2. The highest BCUT2D eigenvalue weighted by atomic mass is 19.1. The summed E-state index contributed by atoms with van der Waals surface area (Å²) >= 11 is 0. The number of esters is 1. The van der Waals surface area contributed by atoms with Gasteiger partial charge >= 0.3 is 18.0 Å². The summed E-state index contributed by atoms with van der Waals surface area (Å²) in [6.45, 7) is 17.7. The number of aliphatic carboxylic acids is 1. The van der Waals surface area contributed by atoms with E-state index in [0.29, 0.717) is 32.1 Å². The van der Waals surface area contributed by atoms with Crippen LogP contribution in [-0.2, 0) is 62.3 Å². The van der Waals surface area contributed by atoms with Gasteiger partial charge in [-0.3, -0.25) is 19.6 Å². The summed E-state index contributed by atoms with van der Waals surface area (Å²) in [6.07, 6.45) is 8.75. The molecule has 4 atom stereocenters. The van der Waals surface area contributed by atoms with Gasteiger partial charge in [-0.25, -0.2) is 13.6 Å². The van der Waals surface area contributed by atoms with Gasteiger partial charge in [0, 0.05) is 66.6 Å². The third-order valence-corrected chi connectivity index (χ3v) is 15.4. The number of nitrogens with zero attached hydrogens (tertiary/aromatic N) is 2. The van der Waals surface area contributed by atoms with Crippen molar-refractivity contribution in [2.45, 2.75) is 174 Å². The average Bonchev–Trinajstić information content (AvgIpc) is 2.06. The molecule has 0 saturated carbocycles. The van der Waals surface area contributed by atoms with Crippen LogP contribution in [0.3, 0.4) is 0 Å². The lowest BCUT2D eigenvalue weighted by Crippen LogP contribution is -2.45. The van der Waals surface area contributed by atoms with Crippen molar-refractivity contribution in [2.24, 2.45) is 0 Å². The number of halogens is 2. The lowest BCUT2D eigenvalue weighted by atomic mass is 9.86. The molecule has 9 rings (SSSR count). The third-order valence-electron chi connectivity index (χ3n) is 15.4. The molecule has 14 nitrogen and oxygen atoms in total. The van der Waals surface area contributed by atoms with Crippen molar-refractivity contribution < 1.29 is 52.7 Å². The molecule has 2 aliphatic carbocycles. The number of hydrogen-bond donors (Lipinski definition) is 6. The van der Waals surface area contributed by atoms with Crippen molar-refractivity contribution in [3.63, 3.8) is 0 Å². The largest absolute Gasteiger partial charge is 0.481 e. The SMILES string of the molecule is CC(C)c1nc2c(c(-c3ccc(F)cc3)c1/C=C/[C@@H]1C[C@H](CC(=O)OC(C)(C)C)OC(C)(C)O1)Cc1cccc(N)c1CC2.CNC(=O)Nc1cccc2c1CCc1nc(C(C)C)c(/C=C/[C@@H](O)C[C@@H](O)CC(=O)O)c(-c3ccc(F)cc3)c1C2. The Morgan fingerprint density at radius 3 is 1.81 bits per heavy atom. The molecule has 1 saturated heterocycles. The number of fused-ring (bicyclic) bond motifs is 4. The second kappa shape index (κ2) is 27.2. The number of amides is 2. The summed E-state index contributed by atoms with van der Waals surface area (Å²) in [5.74, 6) is -2.78. The molecule has 4 aromatic carbocycles. The van der Waals surface area contributed by atoms with Gasteiger partial charge in [0.2, 0.25) is 0 Å². The van der Waals surface area contributed by atoms with Gasteiger partial charge in [-0.15, -0.1) is 0 Å². The first-order valence-electron chi connectivity index (χ1n) is 29.4. The number of nitrogen functional groups attached to an aromatic ring is 1. The number of aromatic nitrogens is 2. The van der Waals surface area contributed by atoms with Crippen molar-refractivity contribution in [2.75, 3.05) is 18.1 Å². The highest BCUT2D eigenvalue weighted by Crippen LogP contribution is 2.42. The maximum Gasteiger partial charge on any atom is 0.318 e. The molecule has 85 heavy (non-hydrogen) atoms. The molecule has 1 aliphatic heterocycles. The number of benzene rings is 4. The molecule has 2 aromatic heterocycles. The molecule has 16 heteroatoms. The number of rotatable bonds is 15. The maximum absolute atomic E-state index is 14.1. The molecule has 7 N–H and O–H groups in total. The molecule has 0 spiro atoms. The van der Waals surface area contributed by atoms with Crippen molar-refractivity contribution in [3.05, 3.63) is 176 Å². The number of carbonyl (C=O) groups excluding carboxylic acids is 2. The van der Waals surface area contributed by atoms with Crippen LogP contribution in [0.5, 0.6) is 0 Å². The number of urea groups is 1. The van der Waals surface area contributed by atoms with Crippen molar-refractivity contribution in [1.29, 1.82) is 0 Å². The molecule has 0 bridgehead atoms. The van der Waals surface area contributed by atoms with Gasteiger partial charge in [-0.2, -0.15) is 0 Å². The van der Waals surface area contributed by atoms with E-state index in [1.165, 1.54) is 35.4 Å². The molecule has 1 fully saturated rings. The minimum atomic E-state index is -1.19. The van der Waals surface area contributed by atoms with Gasteiger partial charge in [-0.05, 0) is 164 Å². The molecular formula is C69H81F2N5O9. The van der Waals surface area contributed by atoms with Crippen LogP contribution in [0.4, 0.5) is 25.0 Å². The van der Waals surface area contributed by atoms with Gasteiger partial charge in [0.15, 0.2) is 5.79 Å². The van der Waals surface area contributed by atoms with Crippen LogP contribution in [0.2, 0.25) is 0 Å². The van der Waals surface area contributed by atoms with Crippen molar-refractivity contribution >= 4 is 41.5 Å². The summed E-state index contributed by atoms with van der Waals surface area (Å²) in [7, 11) is 1.57. The number of nitrogens with two attached hydrogens (primary N) is 1. The zero-order valence-electron chi connectivity index (χ0n) is 50.4. The van der Waals surface area contributed by atoms with Gasteiger partial charge in [0.1, 0.15) is 17.2 Å². The number of ether oxygens (including phenoxy) is 3. The van der Waals surface area contributed by atoms with Crippen molar-refractivity contribution in [1.82, 2.24) is 15.3 Å². The molecule has 6 aromatic rings. The van der Waals surface area contributed by atoms with Gasteiger partial charge < -0.3 is 45.9 Å². The second-order valence-corrected chi connectivity index (χ2v) is 24.3. The first-order valence-corrected chi connectivity index (χ1v) is 29.4. The van der Waals surface area contributed by atoms with E-state index < -0.39 is 36.0 Å². The van der Waals surface area contributed by atoms with Gasteiger partial charge in [0.25, 0.3) is 0 Å². The number of aryl methyl sites for hydroxylation is 2. The van der Waals surface area contributed by atoms with E-state index in [0.717, 1.165) is 103 Å². The Morgan fingerprint density at radius 2 is 1.28 bits per heavy atom. The molecular weight excluding hydrogens is 1080 g/mol. The van der Waals surface area contributed by atoms with Crippen LogP contribution in [0.1, 0.15) is 167 Å². The van der Waals surface area contributed by atoms with Crippen LogP contribution in [0, 0.1) is 11.6 Å². The molecule has 3 heterocycles. The highest BCUT2D eigenvalue weighted by Gasteiger charge is 2.37. The molecule has 0 unspecified atom stereocenters. The van der Waals surface area contributed by atoms with Crippen LogP contribution in [0.15, 0.2) is 97.1 Å². The number of aliphatic hydroxyl groups is 2. The van der Waals surface area contributed by atoms with Crippen LogP contribution < -0.4 is 16.4 Å². The first-order chi connectivity index (χ1) is 40.3. The summed E-state index contributed by atoms with van der Waals surface area (Å²) in [5, 5.41) is 35.1. The Balaban J connectivity index is 0.000000222. The van der Waals surface area contributed by atoms with E-state index in [1.54, 1.807) is 31.3 Å². The second-order valence-electron chi connectivity index (χ2n) is 24.3. The quantitative estimate of drug-likeness (QED) is 0.0418. The Hall–Kier alpha value is -7.63. The minimum Gasteiger partial charge on any atom is -0.481 e. The van der Waals surface area contributed by atoms with Gasteiger partial charge in [0.05, 0.1) is 48.6 Å². The Kier molecular flexibility index (Phi) is 20.3. The first kappa shape index (κ1) is 63.4. The Bertz CT molecular complexity index is 3460. The number of carboxylic acids is 1. The summed E-state index contributed by atoms with van der Waals surface area (Å²) in [6, 6.07) is 24.6. The number of anilines is 2. The maximum atomic E-state index is 14.1. The average molecular weight is 1160 g/mol. The normalized spacial score (nSPS) is 17.1. The topological polar surface area (TPSA) is 215 Å². The Labute approximate surface area is 498 Å². The van der Waals surface area contributed by atoms with Gasteiger partial charge in [-0.1, -0.05) is 101 Å². The molecule has 0 radical (unpaired) electrons. The number of carbonyl (C=O) groups is 3. The van der Waals surface area contributed by atoms with E-state index in [4.69, 9.17) is 35.0 Å². The van der Waals surface area contributed by atoms with E-state index in [9.17, 15) is 33.4 Å². The highest BCUT2D eigenvalue weighted by molar-refractivity contribution is 5.90. The van der Waals surface area contributed by atoms with Crippen molar-refractivity contribution in [3.8, 4) is 22.3 Å². The van der Waals surface area contributed by atoms with E-state index >= 15 is 0 Å². The lowest BCUT2D eigenvalue weighted by Gasteiger charge is -2.40. The zero-order chi connectivity index (χ0) is 61.5. The lowest BCUT2D eigenvalue weighted by molar-refractivity contribution is -0.290. The molecule has 450 valence electrons. The number of nitrogens with one attached hydrogen (secondary N) is 2. The molecule has 3 aliphatic rings.